The molecule has 266 valence electrons. The first-order valence-electron chi connectivity index (χ1n) is 17.6. The Morgan fingerprint density at radius 1 is 0.700 bits per heavy atom. The van der Waals surface area contributed by atoms with Gasteiger partial charge in [0.1, 0.15) is 5.78 Å². The maximum absolute atomic E-state index is 10.4. The summed E-state index contributed by atoms with van der Waals surface area (Å²) in [4.78, 5) is 10.4. The summed E-state index contributed by atoms with van der Waals surface area (Å²) in [5, 5.41) is 36.4. The molecule has 0 aliphatic carbocycles. The lowest BCUT2D eigenvalue weighted by Gasteiger charge is -2.31. The zero-order valence-electron chi connectivity index (χ0n) is 29.8. The molecule has 0 radical (unpaired) electrons. The molecule has 0 bridgehead atoms. The highest BCUT2D eigenvalue weighted by Gasteiger charge is 2.35. The molecule has 0 aromatic heterocycles. The second-order valence-corrected chi connectivity index (χ2v) is 18.2. The largest absolute Gasteiger partial charge is 0.324 e. The van der Waals surface area contributed by atoms with Gasteiger partial charge in [-0.15, -0.1) is 0 Å². The molecule has 2 aromatic rings. The fourth-order valence-corrected chi connectivity index (χ4v) is 10.8. The molecular weight excluding hydrogens is 695 g/mol. The molecule has 1 unspecified atom stereocenters. The number of carbonyl (C=O) groups excluding carboxylic acids is 1. The number of nitriles is 4. The van der Waals surface area contributed by atoms with Crippen LogP contribution in [0.5, 0.6) is 0 Å². The lowest BCUT2D eigenvalue weighted by Crippen LogP contribution is -2.29. The smallest absolute Gasteiger partial charge is 0.134 e. The molecular formula is C40H51N5OS4. The van der Waals surface area contributed by atoms with Crippen LogP contribution < -0.4 is 5.73 Å². The summed E-state index contributed by atoms with van der Waals surface area (Å²) in [7, 11) is 0. The second kappa shape index (κ2) is 21.7. The average Bonchev–Trinajstić information content (AvgIpc) is 3.16. The number of Topliss-reactive ketones (excluding diaryl/α,β-unsaturated/α-hetero) is 1. The summed E-state index contributed by atoms with van der Waals surface area (Å²) in [6.07, 6.45) is 7.60. The fraction of sp³-hybridized carbons (Fsp3) is 0.575. The highest BCUT2D eigenvalue weighted by Crippen LogP contribution is 2.39. The second-order valence-electron chi connectivity index (χ2n) is 13.3. The van der Waals surface area contributed by atoms with Crippen molar-refractivity contribution in [2.45, 2.75) is 89.0 Å². The summed E-state index contributed by atoms with van der Waals surface area (Å²) in [5.41, 5.74) is 11.6. The minimum absolute atomic E-state index is 0.0546. The van der Waals surface area contributed by atoms with E-state index >= 15 is 0 Å². The molecule has 2 aromatic carbocycles. The summed E-state index contributed by atoms with van der Waals surface area (Å²) in [6, 6.07) is 21.7. The van der Waals surface area contributed by atoms with Crippen LogP contribution in [0.25, 0.3) is 0 Å². The molecule has 4 fully saturated rings. The number of nitrogens with two attached hydrogens (primary N) is 1. The average molecular weight is 746 g/mol. The van der Waals surface area contributed by atoms with Gasteiger partial charge < -0.3 is 5.73 Å². The Hall–Kier alpha value is -2.57. The van der Waals surface area contributed by atoms with Crippen molar-refractivity contribution in [3.05, 3.63) is 69.8 Å². The van der Waals surface area contributed by atoms with Crippen molar-refractivity contribution < 1.29 is 4.79 Å². The Bertz CT molecular complexity index is 1560. The van der Waals surface area contributed by atoms with Crippen LogP contribution in [-0.2, 0) is 15.6 Å². The zero-order chi connectivity index (χ0) is 36.4. The summed E-state index contributed by atoms with van der Waals surface area (Å²) < 4.78 is 0. The molecule has 6 nitrogen and oxygen atoms in total. The lowest BCUT2D eigenvalue weighted by molar-refractivity contribution is -0.118. The summed E-state index contributed by atoms with van der Waals surface area (Å²) in [6.45, 7) is 6.02. The molecule has 1 atom stereocenters. The molecule has 0 spiro atoms. The Morgan fingerprint density at radius 2 is 1.16 bits per heavy atom. The molecule has 0 saturated carbocycles. The standard InChI is InChI=1S/C15H20N2S.C14H14N2S.C6H9NS.C5H8OS/c1-11-9-13(3-4-14(11)12(2)17)15(10-16)5-7-18-8-6-15;1-11-8-13(3-2-12(11)9-15)14(10-16)4-6-17-7-5-14;7-5-6-1-3-8-4-2-6;6-5-1-3-7-4-2-5/h3-4,9,12H,5-8,17H2,1-2H3;2-3,8H,4-7H2,1H3;6H,1-4H2;1-4H2. The van der Waals surface area contributed by atoms with E-state index in [2.05, 4.69) is 49.4 Å². The highest BCUT2D eigenvalue weighted by atomic mass is 32.2. The van der Waals surface area contributed by atoms with Crippen molar-refractivity contribution in [2.75, 3.05) is 46.0 Å². The fourth-order valence-electron chi connectivity index (χ4n) is 6.37. The van der Waals surface area contributed by atoms with Gasteiger partial charge in [-0.25, -0.2) is 0 Å². The third-order valence-corrected chi connectivity index (χ3v) is 13.8. The van der Waals surface area contributed by atoms with Crippen LogP contribution in [0.15, 0.2) is 36.4 Å². The molecule has 4 saturated heterocycles. The number of rotatable bonds is 3. The van der Waals surface area contributed by atoms with Crippen molar-refractivity contribution >= 4 is 52.8 Å². The van der Waals surface area contributed by atoms with Crippen molar-refractivity contribution in [1.82, 2.24) is 0 Å². The van der Waals surface area contributed by atoms with Crippen LogP contribution in [0.2, 0.25) is 0 Å². The van der Waals surface area contributed by atoms with Gasteiger partial charge in [-0.2, -0.15) is 68.1 Å². The number of aryl methyl sites for hydroxylation is 2. The minimum Gasteiger partial charge on any atom is -0.324 e. The van der Waals surface area contributed by atoms with Gasteiger partial charge in [0.2, 0.25) is 0 Å². The Morgan fingerprint density at radius 3 is 1.52 bits per heavy atom. The molecule has 6 rings (SSSR count). The molecule has 4 aliphatic heterocycles. The zero-order valence-corrected chi connectivity index (χ0v) is 33.1. The van der Waals surface area contributed by atoms with E-state index in [0.717, 1.165) is 97.0 Å². The van der Waals surface area contributed by atoms with E-state index in [1.807, 2.05) is 79.1 Å². The van der Waals surface area contributed by atoms with Gasteiger partial charge in [-0.3, -0.25) is 4.79 Å². The van der Waals surface area contributed by atoms with Crippen LogP contribution in [0.3, 0.4) is 0 Å². The first kappa shape index (κ1) is 41.8. The molecule has 10 heteroatoms. The topological polar surface area (TPSA) is 138 Å². The Kier molecular flexibility index (Phi) is 18.2. The predicted octanol–water partition coefficient (Wildman–Crippen LogP) is 9.19. The number of hydrogen-bond donors (Lipinski definition) is 1. The minimum atomic E-state index is -0.329. The van der Waals surface area contributed by atoms with E-state index in [-0.39, 0.29) is 16.9 Å². The van der Waals surface area contributed by atoms with Crippen molar-refractivity contribution in [3.8, 4) is 24.3 Å². The van der Waals surface area contributed by atoms with Gasteiger partial charge in [0, 0.05) is 36.3 Å². The number of nitrogens with zero attached hydrogens (tertiary/aromatic N) is 4. The summed E-state index contributed by atoms with van der Waals surface area (Å²) in [5.74, 6) is 9.58. The third kappa shape index (κ3) is 12.3. The maximum Gasteiger partial charge on any atom is 0.134 e. The van der Waals surface area contributed by atoms with Gasteiger partial charge in [-0.05, 0) is 128 Å². The highest BCUT2D eigenvalue weighted by molar-refractivity contribution is 7.99. The Balaban J connectivity index is 0.000000194. The van der Waals surface area contributed by atoms with Crippen LogP contribution >= 0.6 is 47.0 Å². The van der Waals surface area contributed by atoms with E-state index in [9.17, 15) is 15.3 Å². The van der Waals surface area contributed by atoms with Gasteiger partial charge in [0.25, 0.3) is 0 Å². The van der Waals surface area contributed by atoms with Gasteiger partial charge in [-0.1, -0.05) is 30.3 Å². The molecule has 2 N–H and O–H groups in total. The van der Waals surface area contributed by atoms with E-state index in [4.69, 9.17) is 16.3 Å². The van der Waals surface area contributed by atoms with E-state index in [0.29, 0.717) is 17.3 Å². The van der Waals surface area contributed by atoms with Crippen LogP contribution in [0.1, 0.15) is 97.7 Å². The maximum atomic E-state index is 10.4. The number of carbonyl (C=O) groups is 1. The molecule has 4 aliphatic rings. The SMILES string of the molecule is Cc1cc(C2(C#N)CCSCC2)ccc1C#N.Cc1cc(C2(C#N)CCSCC2)ccc1C(C)N.N#CC1CCSCC1.O=C1CCSCC1. The quantitative estimate of drug-likeness (QED) is 0.324. The monoisotopic (exact) mass is 745 g/mol. The van der Waals surface area contributed by atoms with Crippen LogP contribution in [0.4, 0.5) is 0 Å². The summed E-state index contributed by atoms with van der Waals surface area (Å²) >= 11 is 7.70. The van der Waals surface area contributed by atoms with E-state index in [1.165, 1.54) is 28.2 Å². The van der Waals surface area contributed by atoms with Gasteiger partial charge >= 0.3 is 0 Å². The lowest BCUT2D eigenvalue weighted by atomic mass is 9.76. The molecule has 4 heterocycles. The molecule has 0 amide bonds. The van der Waals surface area contributed by atoms with E-state index in [1.54, 1.807) is 0 Å². The number of hydrogen-bond acceptors (Lipinski definition) is 10. The van der Waals surface area contributed by atoms with Gasteiger partial charge in [0.15, 0.2) is 0 Å². The molecule has 50 heavy (non-hydrogen) atoms. The first-order valence-corrected chi connectivity index (χ1v) is 22.2. The van der Waals surface area contributed by atoms with Crippen LogP contribution in [0, 0.1) is 65.1 Å². The Labute approximate surface area is 317 Å². The first-order chi connectivity index (χ1) is 24.1. The van der Waals surface area contributed by atoms with E-state index < -0.39 is 0 Å². The number of ketones is 1. The number of thioether (sulfide) groups is 4. The van der Waals surface area contributed by atoms with Crippen LogP contribution in [-0.4, -0.2) is 51.8 Å². The van der Waals surface area contributed by atoms with Crippen molar-refractivity contribution in [2.24, 2.45) is 11.7 Å². The predicted molar refractivity (Wildman–Crippen MR) is 215 cm³/mol. The van der Waals surface area contributed by atoms with Gasteiger partial charge in [0.05, 0.1) is 40.7 Å². The number of benzene rings is 2. The van der Waals surface area contributed by atoms with Crippen molar-refractivity contribution in [3.63, 3.8) is 0 Å². The normalized spacial score (nSPS) is 20.1. The van der Waals surface area contributed by atoms with Crippen molar-refractivity contribution in [1.29, 1.82) is 21.0 Å². The third-order valence-electron chi connectivity index (χ3n) is 9.79.